The quantitative estimate of drug-likeness (QED) is 0.815. The number of pyridine rings is 1. The van der Waals surface area contributed by atoms with Crippen LogP contribution in [0.3, 0.4) is 0 Å². The van der Waals surface area contributed by atoms with E-state index in [4.69, 9.17) is 0 Å². The van der Waals surface area contributed by atoms with E-state index in [0.717, 1.165) is 13.0 Å². The molecule has 0 bridgehead atoms. The number of thioether (sulfide) groups is 1. The Bertz CT molecular complexity index is 457. The SMILES string of the molecule is CSc1ccccc1NCCc1cccnc1. The fourth-order valence-electron chi connectivity index (χ4n) is 1.68. The highest BCUT2D eigenvalue weighted by Crippen LogP contribution is 2.24. The molecule has 0 atom stereocenters. The fraction of sp³-hybridized carbons (Fsp3) is 0.214. The molecule has 2 rings (SSSR count). The summed E-state index contributed by atoms with van der Waals surface area (Å²) in [5.41, 5.74) is 2.48. The topological polar surface area (TPSA) is 24.9 Å². The minimum Gasteiger partial charge on any atom is -0.384 e. The second kappa shape index (κ2) is 6.30. The third-order valence-corrected chi connectivity index (χ3v) is 3.35. The van der Waals surface area contributed by atoms with Gasteiger partial charge in [-0.2, -0.15) is 0 Å². The Kier molecular flexibility index (Phi) is 4.45. The summed E-state index contributed by atoms with van der Waals surface area (Å²) in [6.45, 7) is 0.934. The normalized spacial score (nSPS) is 10.2. The molecule has 0 fully saturated rings. The first-order valence-corrected chi connectivity index (χ1v) is 6.88. The van der Waals surface area contributed by atoms with Crippen molar-refractivity contribution < 1.29 is 0 Å². The van der Waals surface area contributed by atoms with Gasteiger partial charge in [-0.15, -0.1) is 11.8 Å². The summed E-state index contributed by atoms with van der Waals surface area (Å²) in [6.07, 6.45) is 6.82. The summed E-state index contributed by atoms with van der Waals surface area (Å²) in [7, 11) is 0. The van der Waals surface area contributed by atoms with Gasteiger partial charge in [0.2, 0.25) is 0 Å². The number of nitrogens with zero attached hydrogens (tertiary/aromatic N) is 1. The van der Waals surface area contributed by atoms with E-state index in [2.05, 4.69) is 46.9 Å². The van der Waals surface area contributed by atoms with E-state index >= 15 is 0 Å². The van der Waals surface area contributed by atoms with Gasteiger partial charge in [-0.1, -0.05) is 18.2 Å². The van der Waals surface area contributed by atoms with Crippen LogP contribution in [0.15, 0.2) is 53.7 Å². The number of aromatic nitrogens is 1. The molecule has 17 heavy (non-hydrogen) atoms. The molecule has 0 aliphatic heterocycles. The standard InChI is InChI=1S/C14H16N2S/c1-17-14-7-3-2-6-13(14)16-10-8-12-5-4-9-15-11-12/h2-7,9,11,16H,8,10H2,1H3. The van der Waals surface area contributed by atoms with E-state index in [0.29, 0.717) is 0 Å². The smallest absolute Gasteiger partial charge is 0.0478 e. The molecule has 88 valence electrons. The van der Waals surface area contributed by atoms with Crippen LogP contribution in [0.1, 0.15) is 5.56 Å². The van der Waals surface area contributed by atoms with E-state index in [1.54, 1.807) is 18.0 Å². The molecular weight excluding hydrogens is 228 g/mol. The molecular formula is C14H16N2S. The number of hydrogen-bond acceptors (Lipinski definition) is 3. The molecule has 1 aromatic heterocycles. The van der Waals surface area contributed by atoms with Crippen LogP contribution in [0.2, 0.25) is 0 Å². The van der Waals surface area contributed by atoms with E-state index in [-0.39, 0.29) is 0 Å². The van der Waals surface area contributed by atoms with Crippen molar-refractivity contribution in [2.45, 2.75) is 11.3 Å². The number of nitrogens with one attached hydrogen (secondary N) is 1. The Hall–Kier alpha value is -1.48. The Morgan fingerprint density at radius 2 is 2.06 bits per heavy atom. The molecule has 0 aliphatic rings. The number of anilines is 1. The van der Waals surface area contributed by atoms with Gasteiger partial charge in [0.15, 0.2) is 0 Å². The molecule has 1 heterocycles. The molecule has 0 spiro atoms. The van der Waals surface area contributed by atoms with Crippen LogP contribution in [0.5, 0.6) is 0 Å². The minimum absolute atomic E-state index is 0.934. The second-order valence-corrected chi connectivity index (χ2v) is 4.59. The summed E-state index contributed by atoms with van der Waals surface area (Å²) < 4.78 is 0. The van der Waals surface area contributed by atoms with Crippen molar-refractivity contribution in [3.63, 3.8) is 0 Å². The van der Waals surface area contributed by atoms with Crippen molar-refractivity contribution >= 4 is 17.4 Å². The van der Waals surface area contributed by atoms with Gasteiger partial charge in [0.1, 0.15) is 0 Å². The molecule has 2 aromatic rings. The summed E-state index contributed by atoms with van der Waals surface area (Å²) in [5.74, 6) is 0. The van der Waals surface area contributed by atoms with Crippen molar-refractivity contribution in [2.24, 2.45) is 0 Å². The maximum atomic E-state index is 4.11. The first kappa shape index (κ1) is 12.0. The first-order chi connectivity index (χ1) is 8.40. The zero-order chi connectivity index (χ0) is 11.9. The summed E-state index contributed by atoms with van der Waals surface area (Å²) >= 11 is 1.77. The van der Waals surface area contributed by atoms with Crippen LogP contribution in [-0.4, -0.2) is 17.8 Å². The monoisotopic (exact) mass is 244 g/mol. The summed E-state index contributed by atoms with van der Waals surface area (Å²) in [5, 5.41) is 3.46. The molecule has 3 heteroatoms. The van der Waals surface area contributed by atoms with Gasteiger partial charge in [-0.05, 0) is 36.4 Å². The number of hydrogen-bond donors (Lipinski definition) is 1. The predicted molar refractivity (Wildman–Crippen MR) is 74.7 cm³/mol. The average molecular weight is 244 g/mol. The van der Waals surface area contributed by atoms with Crippen molar-refractivity contribution in [3.8, 4) is 0 Å². The highest BCUT2D eigenvalue weighted by molar-refractivity contribution is 7.98. The number of para-hydroxylation sites is 1. The van der Waals surface area contributed by atoms with Crippen LogP contribution in [0.25, 0.3) is 0 Å². The Morgan fingerprint density at radius 1 is 1.18 bits per heavy atom. The average Bonchev–Trinajstić information content (AvgIpc) is 2.40. The molecule has 0 amide bonds. The minimum atomic E-state index is 0.934. The Labute approximate surface area is 106 Å². The maximum Gasteiger partial charge on any atom is 0.0478 e. The molecule has 1 aromatic carbocycles. The third-order valence-electron chi connectivity index (χ3n) is 2.56. The summed E-state index contributed by atoms with van der Waals surface area (Å²) in [4.78, 5) is 5.40. The van der Waals surface area contributed by atoms with Gasteiger partial charge < -0.3 is 5.32 Å². The maximum absolute atomic E-state index is 4.11. The lowest BCUT2D eigenvalue weighted by molar-refractivity contribution is 1.000. The second-order valence-electron chi connectivity index (χ2n) is 3.74. The van der Waals surface area contributed by atoms with Gasteiger partial charge in [0.25, 0.3) is 0 Å². The lowest BCUT2D eigenvalue weighted by Gasteiger charge is -2.09. The van der Waals surface area contributed by atoms with Gasteiger partial charge in [0, 0.05) is 29.5 Å². The molecule has 0 saturated heterocycles. The van der Waals surface area contributed by atoms with Crippen LogP contribution < -0.4 is 5.32 Å². The predicted octanol–water partition coefficient (Wildman–Crippen LogP) is 3.46. The zero-order valence-corrected chi connectivity index (χ0v) is 10.7. The lowest BCUT2D eigenvalue weighted by atomic mass is 10.2. The molecule has 0 aliphatic carbocycles. The third kappa shape index (κ3) is 3.49. The van der Waals surface area contributed by atoms with Crippen LogP contribution in [0, 0.1) is 0 Å². The van der Waals surface area contributed by atoms with Gasteiger partial charge in [0.05, 0.1) is 0 Å². The van der Waals surface area contributed by atoms with Crippen molar-refractivity contribution in [1.29, 1.82) is 0 Å². The van der Waals surface area contributed by atoms with Crippen molar-refractivity contribution in [3.05, 3.63) is 54.4 Å². The van der Waals surface area contributed by atoms with Gasteiger partial charge >= 0.3 is 0 Å². The highest BCUT2D eigenvalue weighted by atomic mass is 32.2. The Balaban J connectivity index is 1.90. The zero-order valence-electron chi connectivity index (χ0n) is 9.89. The van der Waals surface area contributed by atoms with E-state index in [1.165, 1.54) is 16.1 Å². The highest BCUT2D eigenvalue weighted by Gasteiger charge is 1.99. The van der Waals surface area contributed by atoms with Gasteiger partial charge in [-0.3, -0.25) is 4.98 Å². The lowest BCUT2D eigenvalue weighted by Crippen LogP contribution is -2.05. The van der Waals surface area contributed by atoms with Gasteiger partial charge in [-0.25, -0.2) is 0 Å². The van der Waals surface area contributed by atoms with Crippen molar-refractivity contribution in [2.75, 3.05) is 18.1 Å². The molecule has 0 saturated carbocycles. The first-order valence-electron chi connectivity index (χ1n) is 5.66. The number of benzene rings is 1. The van der Waals surface area contributed by atoms with Crippen LogP contribution >= 0.6 is 11.8 Å². The van der Waals surface area contributed by atoms with Crippen LogP contribution in [0.4, 0.5) is 5.69 Å². The van der Waals surface area contributed by atoms with E-state index < -0.39 is 0 Å². The fourth-order valence-corrected chi connectivity index (χ4v) is 2.25. The molecule has 2 nitrogen and oxygen atoms in total. The van der Waals surface area contributed by atoms with Crippen molar-refractivity contribution in [1.82, 2.24) is 4.98 Å². The Morgan fingerprint density at radius 3 is 2.82 bits per heavy atom. The number of rotatable bonds is 5. The largest absolute Gasteiger partial charge is 0.384 e. The molecule has 0 radical (unpaired) electrons. The van der Waals surface area contributed by atoms with Crippen LogP contribution in [-0.2, 0) is 6.42 Å². The molecule has 1 N–H and O–H groups in total. The molecule has 0 unspecified atom stereocenters. The summed E-state index contributed by atoms with van der Waals surface area (Å²) in [6, 6.07) is 12.5. The van der Waals surface area contributed by atoms with E-state index in [1.807, 2.05) is 12.3 Å². The van der Waals surface area contributed by atoms with E-state index in [9.17, 15) is 0 Å².